The van der Waals surface area contributed by atoms with E-state index in [4.69, 9.17) is 4.74 Å². The molecule has 7 heteroatoms. The number of benzene rings is 1. The van der Waals surface area contributed by atoms with E-state index in [0.717, 1.165) is 0 Å². The van der Waals surface area contributed by atoms with E-state index < -0.39 is 29.8 Å². The molecule has 21 heavy (non-hydrogen) atoms. The van der Waals surface area contributed by atoms with Crippen LogP contribution in [0.2, 0.25) is 0 Å². The molecule has 0 radical (unpaired) electrons. The van der Waals surface area contributed by atoms with Crippen LogP contribution < -0.4 is 5.32 Å². The van der Waals surface area contributed by atoms with Gasteiger partial charge in [0.1, 0.15) is 11.7 Å². The second-order valence-electron chi connectivity index (χ2n) is 5.43. The van der Waals surface area contributed by atoms with Gasteiger partial charge in [0.15, 0.2) is 6.04 Å². The first kappa shape index (κ1) is 17.5. The Hall–Kier alpha value is -1.60. The van der Waals surface area contributed by atoms with Crippen LogP contribution in [0, 0.1) is 0 Å². The van der Waals surface area contributed by atoms with Gasteiger partial charge in [-0.2, -0.15) is 0 Å². The molecule has 3 N–H and O–H groups in total. The first-order valence-electron chi connectivity index (χ1n) is 6.26. The molecule has 0 bridgehead atoms. The summed E-state index contributed by atoms with van der Waals surface area (Å²) in [6.45, 7) is 4.98. The largest absolute Gasteiger partial charge is 0.480 e. The maximum absolute atomic E-state index is 11.7. The van der Waals surface area contributed by atoms with Gasteiger partial charge in [-0.1, -0.05) is 34.1 Å². The molecular formula is C14H18BrNO5. The number of carbonyl (C=O) groups excluding carboxylic acids is 1. The third kappa shape index (κ3) is 5.35. The summed E-state index contributed by atoms with van der Waals surface area (Å²) in [4.78, 5) is 23.0. The van der Waals surface area contributed by atoms with Crippen molar-refractivity contribution in [2.75, 3.05) is 0 Å². The molecule has 116 valence electrons. The Labute approximate surface area is 131 Å². The van der Waals surface area contributed by atoms with Gasteiger partial charge in [0.2, 0.25) is 0 Å². The molecule has 1 aromatic carbocycles. The molecule has 0 saturated heterocycles. The van der Waals surface area contributed by atoms with Crippen LogP contribution in [-0.2, 0) is 9.53 Å². The van der Waals surface area contributed by atoms with E-state index in [1.165, 1.54) is 0 Å². The number of aliphatic hydroxyl groups is 1. The van der Waals surface area contributed by atoms with Gasteiger partial charge in [-0.3, -0.25) is 0 Å². The third-order valence-electron chi connectivity index (χ3n) is 2.48. The summed E-state index contributed by atoms with van der Waals surface area (Å²) < 4.78 is 5.55. The quantitative estimate of drug-likeness (QED) is 0.767. The van der Waals surface area contributed by atoms with Gasteiger partial charge >= 0.3 is 12.1 Å². The normalized spacial score (nSPS) is 14.1. The van der Waals surface area contributed by atoms with Gasteiger partial charge in [0.25, 0.3) is 0 Å². The number of aliphatic carboxylic acids is 1. The molecule has 1 amide bonds. The average molecular weight is 360 g/mol. The zero-order valence-corrected chi connectivity index (χ0v) is 13.5. The summed E-state index contributed by atoms with van der Waals surface area (Å²) in [5.41, 5.74) is -0.397. The Morgan fingerprint density at radius 2 is 1.86 bits per heavy atom. The molecule has 0 heterocycles. The number of rotatable bonds is 4. The van der Waals surface area contributed by atoms with Crippen LogP contribution in [0.5, 0.6) is 0 Å². The Morgan fingerprint density at radius 3 is 2.33 bits per heavy atom. The zero-order valence-electron chi connectivity index (χ0n) is 12.0. The van der Waals surface area contributed by atoms with Crippen molar-refractivity contribution < 1.29 is 24.5 Å². The highest BCUT2D eigenvalue weighted by molar-refractivity contribution is 9.10. The van der Waals surface area contributed by atoms with E-state index in [-0.39, 0.29) is 0 Å². The van der Waals surface area contributed by atoms with Crippen LogP contribution >= 0.6 is 15.9 Å². The Balaban J connectivity index is 2.90. The molecule has 0 spiro atoms. The predicted octanol–water partition coefficient (Wildman–Crippen LogP) is 2.46. The van der Waals surface area contributed by atoms with Gasteiger partial charge in [-0.05, 0) is 32.4 Å². The highest BCUT2D eigenvalue weighted by atomic mass is 79.9. The molecule has 0 aromatic heterocycles. The summed E-state index contributed by atoms with van der Waals surface area (Å²) in [6.07, 6.45) is -2.31. The van der Waals surface area contributed by atoms with E-state index in [0.29, 0.717) is 10.0 Å². The fourth-order valence-corrected chi connectivity index (χ4v) is 2.12. The fraction of sp³-hybridized carbons (Fsp3) is 0.429. The minimum absolute atomic E-state index is 0.362. The van der Waals surface area contributed by atoms with Crippen LogP contribution in [0.3, 0.4) is 0 Å². The summed E-state index contributed by atoms with van der Waals surface area (Å²) in [6, 6.07) is 5.12. The molecule has 0 aliphatic carbocycles. The number of hydrogen-bond acceptors (Lipinski definition) is 4. The Morgan fingerprint density at radius 1 is 1.29 bits per heavy atom. The van der Waals surface area contributed by atoms with E-state index in [9.17, 15) is 19.8 Å². The Bertz CT molecular complexity index is 526. The summed E-state index contributed by atoms with van der Waals surface area (Å²) in [5.74, 6) is -1.36. The second kappa shape index (κ2) is 6.91. The lowest BCUT2D eigenvalue weighted by Gasteiger charge is -2.24. The van der Waals surface area contributed by atoms with Crippen LogP contribution in [0.25, 0.3) is 0 Å². The molecule has 1 aromatic rings. The monoisotopic (exact) mass is 359 g/mol. The number of ether oxygens (including phenoxy) is 1. The first-order valence-corrected chi connectivity index (χ1v) is 7.06. The minimum atomic E-state index is -1.52. The SMILES string of the molecule is CC(C)(C)OC(=O)NC(C(=O)O)C(O)c1ccccc1Br. The van der Waals surface area contributed by atoms with Crippen molar-refractivity contribution in [1.82, 2.24) is 5.32 Å². The molecule has 2 unspecified atom stereocenters. The number of alkyl carbamates (subject to hydrolysis) is 1. The number of carboxylic acid groups (broad SMARTS) is 1. The van der Waals surface area contributed by atoms with Crippen molar-refractivity contribution in [2.45, 2.75) is 38.5 Å². The third-order valence-corrected chi connectivity index (χ3v) is 3.20. The number of aliphatic hydroxyl groups excluding tert-OH is 1. The van der Waals surface area contributed by atoms with Crippen LogP contribution in [0.4, 0.5) is 4.79 Å². The van der Waals surface area contributed by atoms with Gasteiger partial charge in [-0.15, -0.1) is 0 Å². The van der Waals surface area contributed by atoms with Crippen molar-refractivity contribution in [2.24, 2.45) is 0 Å². The van der Waals surface area contributed by atoms with Gasteiger partial charge in [-0.25, -0.2) is 9.59 Å². The predicted molar refractivity (Wildman–Crippen MR) is 79.9 cm³/mol. The van der Waals surface area contributed by atoms with Crippen LogP contribution in [0.15, 0.2) is 28.7 Å². The van der Waals surface area contributed by atoms with E-state index in [1.54, 1.807) is 45.0 Å². The highest BCUT2D eigenvalue weighted by Crippen LogP contribution is 2.25. The molecule has 0 aliphatic heterocycles. The second-order valence-corrected chi connectivity index (χ2v) is 6.28. The van der Waals surface area contributed by atoms with Crippen molar-refractivity contribution in [3.63, 3.8) is 0 Å². The van der Waals surface area contributed by atoms with Crippen molar-refractivity contribution >= 4 is 28.0 Å². The number of carbonyl (C=O) groups is 2. The fourth-order valence-electron chi connectivity index (χ4n) is 1.60. The van der Waals surface area contributed by atoms with Crippen molar-refractivity contribution in [1.29, 1.82) is 0 Å². The summed E-state index contributed by atoms with van der Waals surface area (Å²) in [7, 11) is 0. The first-order chi connectivity index (χ1) is 9.61. The van der Waals surface area contributed by atoms with Crippen molar-refractivity contribution in [3.05, 3.63) is 34.3 Å². The lowest BCUT2D eigenvalue weighted by Crippen LogP contribution is -2.46. The molecule has 0 aliphatic rings. The maximum atomic E-state index is 11.7. The van der Waals surface area contributed by atoms with Crippen molar-refractivity contribution in [3.8, 4) is 0 Å². The van der Waals surface area contributed by atoms with Gasteiger partial charge in [0.05, 0.1) is 0 Å². The molecule has 0 saturated carbocycles. The molecule has 6 nitrogen and oxygen atoms in total. The lowest BCUT2D eigenvalue weighted by atomic mass is 10.0. The number of halogens is 1. The standard InChI is InChI=1S/C14H18BrNO5/c1-14(2,3)21-13(20)16-10(12(18)19)11(17)8-6-4-5-7-9(8)15/h4-7,10-11,17H,1-3H3,(H,16,20)(H,18,19). The van der Waals surface area contributed by atoms with E-state index in [1.807, 2.05) is 0 Å². The van der Waals surface area contributed by atoms with Crippen LogP contribution in [0.1, 0.15) is 32.4 Å². The van der Waals surface area contributed by atoms with Gasteiger partial charge in [0, 0.05) is 4.47 Å². The number of amides is 1. The molecule has 1 rings (SSSR count). The minimum Gasteiger partial charge on any atom is -0.480 e. The summed E-state index contributed by atoms with van der Waals surface area (Å²) in [5, 5.41) is 21.6. The average Bonchev–Trinajstić information content (AvgIpc) is 2.33. The molecule has 0 fully saturated rings. The topological polar surface area (TPSA) is 95.9 Å². The number of hydrogen-bond donors (Lipinski definition) is 3. The number of nitrogens with one attached hydrogen (secondary N) is 1. The Kier molecular flexibility index (Phi) is 5.74. The maximum Gasteiger partial charge on any atom is 0.408 e. The van der Waals surface area contributed by atoms with E-state index >= 15 is 0 Å². The van der Waals surface area contributed by atoms with Crippen LogP contribution in [-0.4, -0.2) is 33.9 Å². The van der Waals surface area contributed by atoms with E-state index in [2.05, 4.69) is 21.2 Å². The summed E-state index contributed by atoms with van der Waals surface area (Å²) >= 11 is 3.23. The number of carboxylic acids is 1. The highest BCUT2D eigenvalue weighted by Gasteiger charge is 2.32. The molecular weight excluding hydrogens is 342 g/mol. The van der Waals surface area contributed by atoms with Gasteiger partial charge < -0.3 is 20.3 Å². The zero-order chi connectivity index (χ0) is 16.2. The lowest BCUT2D eigenvalue weighted by molar-refractivity contribution is -0.142. The smallest absolute Gasteiger partial charge is 0.408 e. The molecule has 2 atom stereocenters.